The van der Waals surface area contributed by atoms with Gasteiger partial charge in [0.15, 0.2) is 0 Å². The van der Waals surface area contributed by atoms with E-state index in [4.69, 9.17) is 0 Å². The monoisotopic (exact) mass is 113 g/mol. The molecule has 3 nitrogen and oxygen atoms in total. The molecule has 2 rings (SSSR count). The van der Waals surface area contributed by atoms with Gasteiger partial charge in [0.1, 0.15) is 0 Å². The molecule has 2 aliphatic rings. The molecule has 2 fully saturated rings. The van der Waals surface area contributed by atoms with Gasteiger partial charge in [-0.3, -0.25) is 5.32 Å². The van der Waals surface area contributed by atoms with Crippen LogP contribution in [0.2, 0.25) is 0 Å². The lowest BCUT2D eigenvalue weighted by atomic mass is 10.3. The number of hydrazine groups is 1. The van der Waals surface area contributed by atoms with E-state index in [9.17, 15) is 0 Å². The SMILES string of the molecule is CN1CC2CN1CN2. The number of nitrogens with one attached hydrogen (secondary N) is 1. The summed E-state index contributed by atoms with van der Waals surface area (Å²) in [5.74, 6) is 0. The van der Waals surface area contributed by atoms with Crippen LogP contribution in [0.25, 0.3) is 0 Å². The first-order valence-corrected chi connectivity index (χ1v) is 3.05. The molecule has 0 aliphatic carbocycles. The first-order chi connectivity index (χ1) is 3.86. The second kappa shape index (κ2) is 1.43. The molecule has 1 N–H and O–H groups in total. The second-order valence-corrected chi connectivity index (χ2v) is 2.59. The summed E-state index contributed by atoms with van der Waals surface area (Å²) in [7, 11) is 2.14. The predicted octanol–water partition coefficient (Wildman–Crippen LogP) is -0.922. The van der Waals surface area contributed by atoms with E-state index in [0.29, 0.717) is 0 Å². The summed E-state index contributed by atoms with van der Waals surface area (Å²) in [5, 5.41) is 7.97. The van der Waals surface area contributed by atoms with Gasteiger partial charge in [0.2, 0.25) is 0 Å². The molecule has 0 radical (unpaired) electrons. The number of hydrogen-bond donors (Lipinski definition) is 1. The highest BCUT2D eigenvalue weighted by Crippen LogP contribution is 2.12. The highest BCUT2D eigenvalue weighted by molar-refractivity contribution is 4.85. The van der Waals surface area contributed by atoms with Crippen LogP contribution in [0.5, 0.6) is 0 Å². The molecule has 0 aromatic carbocycles. The van der Waals surface area contributed by atoms with Crippen molar-refractivity contribution in [2.75, 3.05) is 26.8 Å². The molecule has 0 amide bonds. The minimum absolute atomic E-state index is 0.750. The number of rotatable bonds is 0. The van der Waals surface area contributed by atoms with E-state index in [-0.39, 0.29) is 0 Å². The quantitative estimate of drug-likeness (QED) is 0.438. The van der Waals surface area contributed by atoms with Crippen molar-refractivity contribution in [2.45, 2.75) is 6.04 Å². The molecule has 2 unspecified atom stereocenters. The van der Waals surface area contributed by atoms with Crippen molar-refractivity contribution in [3.05, 3.63) is 0 Å². The fourth-order valence-electron chi connectivity index (χ4n) is 1.43. The first-order valence-electron chi connectivity index (χ1n) is 3.05. The summed E-state index contributed by atoms with van der Waals surface area (Å²) in [6.07, 6.45) is 0. The van der Waals surface area contributed by atoms with Gasteiger partial charge in [0, 0.05) is 26.2 Å². The normalized spacial score (nSPS) is 46.1. The van der Waals surface area contributed by atoms with Gasteiger partial charge >= 0.3 is 0 Å². The molecule has 0 saturated carbocycles. The van der Waals surface area contributed by atoms with Crippen molar-refractivity contribution in [3.8, 4) is 0 Å². The average molecular weight is 113 g/mol. The molecule has 0 aromatic rings. The molecule has 8 heavy (non-hydrogen) atoms. The summed E-state index contributed by atoms with van der Waals surface area (Å²) < 4.78 is 0. The minimum Gasteiger partial charge on any atom is -0.298 e. The topological polar surface area (TPSA) is 18.5 Å². The maximum atomic E-state index is 3.37. The first kappa shape index (κ1) is 4.73. The minimum atomic E-state index is 0.750. The Morgan fingerprint density at radius 3 is 2.62 bits per heavy atom. The van der Waals surface area contributed by atoms with Gasteiger partial charge in [0.05, 0.1) is 6.67 Å². The van der Waals surface area contributed by atoms with Crippen molar-refractivity contribution in [1.29, 1.82) is 0 Å². The van der Waals surface area contributed by atoms with E-state index in [1.54, 1.807) is 0 Å². The van der Waals surface area contributed by atoms with Crippen LogP contribution in [-0.4, -0.2) is 42.9 Å². The summed E-state index contributed by atoms with van der Waals surface area (Å²) in [6, 6.07) is 0.750. The van der Waals surface area contributed by atoms with Crippen molar-refractivity contribution in [1.82, 2.24) is 15.3 Å². The van der Waals surface area contributed by atoms with Crippen LogP contribution in [0.4, 0.5) is 0 Å². The molecule has 2 aliphatic heterocycles. The van der Waals surface area contributed by atoms with Crippen molar-refractivity contribution in [2.24, 2.45) is 0 Å². The third-order valence-electron chi connectivity index (χ3n) is 1.96. The summed E-state index contributed by atoms with van der Waals surface area (Å²) >= 11 is 0. The van der Waals surface area contributed by atoms with Gasteiger partial charge in [-0.1, -0.05) is 0 Å². The Morgan fingerprint density at radius 1 is 1.50 bits per heavy atom. The summed E-state index contributed by atoms with van der Waals surface area (Å²) in [6.45, 7) is 3.47. The van der Waals surface area contributed by atoms with E-state index >= 15 is 0 Å². The van der Waals surface area contributed by atoms with Crippen LogP contribution >= 0.6 is 0 Å². The largest absolute Gasteiger partial charge is 0.298 e. The fourth-order valence-corrected chi connectivity index (χ4v) is 1.43. The van der Waals surface area contributed by atoms with E-state index < -0.39 is 0 Å². The van der Waals surface area contributed by atoms with Crippen molar-refractivity contribution >= 4 is 0 Å². The van der Waals surface area contributed by atoms with Gasteiger partial charge in [-0.15, -0.1) is 0 Å². The Kier molecular flexibility index (Phi) is 0.848. The number of nitrogens with zero attached hydrogens (tertiary/aromatic N) is 2. The lowest BCUT2D eigenvalue weighted by Gasteiger charge is -2.24. The van der Waals surface area contributed by atoms with Gasteiger partial charge < -0.3 is 0 Å². The average Bonchev–Trinajstić information content (AvgIpc) is 2.23. The van der Waals surface area contributed by atoms with Gasteiger partial charge in [0.25, 0.3) is 0 Å². The Balaban J connectivity index is 2.11. The zero-order valence-corrected chi connectivity index (χ0v) is 5.09. The smallest absolute Gasteiger partial charge is 0.0626 e. The molecular formula is C5H11N3. The maximum absolute atomic E-state index is 3.37. The highest BCUT2D eigenvalue weighted by atomic mass is 15.7. The number of fused-ring (bicyclic) bond motifs is 2. The Bertz CT molecular complexity index is 102. The fraction of sp³-hybridized carbons (Fsp3) is 1.00. The van der Waals surface area contributed by atoms with E-state index in [1.807, 2.05) is 0 Å². The van der Waals surface area contributed by atoms with Crippen molar-refractivity contribution in [3.63, 3.8) is 0 Å². The highest BCUT2D eigenvalue weighted by Gasteiger charge is 2.32. The van der Waals surface area contributed by atoms with Crippen LogP contribution < -0.4 is 5.32 Å². The Labute approximate surface area is 49.2 Å². The number of likely N-dealkylation sites (N-methyl/N-ethyl adjacent to an activating group) is 1. The van der Waals surface area contributed by atoms with Crippen LogP contribution in [0.15, 0.2) is 0 Å². The third-order valence-corrected chi connectivity index (χ3v) is 1.96. The molecule has 2 saturated heterocycles. The standard InChI is InChI=1S/C5H11N3/c1-7-2-5-3-8(7)4-6-5/h5-6H,2-4H2,1H3. The predicted molar refractivity (Wildman–Crippen MR) is 31.1 cm³/mol. The summed E-state index contributed by atoms with van der Waals surface area (Å²) in [4.78, 5) is 0. The molecule has 2 bridgehead atoms. The lowest BCUT2D eigenvalue weighted by Crippen LogP contribution is -2.42. The molecule has 2 atom stereocenters. The molecule has 0 aromatic heterocycles. The zero-order valence-electron chi connectivity index (χ0n) is 5.09. The van der Waals surface area contributed by atoms with E-state index in [1.165, 1.54) is 13.1 Å². The zero-order chi connectivity index (χ0) is 5.56. The Hall–Kier alpha value is -0.120. The number of hydrogen-bond acceptors (Lipinski definition) is 3. The molecule has 46 valence electrons. The summed E-state index contributed by atoms with van der Waals surface area (Å²) in [5.41, 5.74) is 0. The van der Waals surface area contributed by atoms with Gasteiger partial charge in [-0.05, 0) is 0 Å². The second-order valence-electron chi connectivity index (χ2n) is 2.59. The van der Waals surface area contributed by atoms with Crippen molar-refractivity contribution < 1.29 is 0 Å². The van der Waals surface area contributed by atoms with E-state index in [2.05, 4.69) is 22.4 Å². The lowest BCUT2D eigenvalue weighted by molar-refractivity contribution is 0.0465. The molecular weight excluding hydrogens is 102 g/mol. The van der Waals surface area contributed by atoms with Crippen LogP contribution in [0, 0.1) is 0 Å². The van der Waals surface area contributed by atoms with Crippen LogP contribution in [0.3, 0.4) is 0 Å². The molecule has 0 spiro atoms. The van der Waals surface area contributed by atoms with Gasteiger partial charge in [-0.25, -0.2) is 10.0 Å². The van der Waals surface area contributed by atoms with Gasteiger partial charge in [-0.2, -0.15) is 0 Å². The molecule has 2 heterocycles. The third kappa shape index (κ3) is 0.491. The maximum Gasteiger partial charge on any atom is 0.0626 e. The van der Waals surface area contributed by atoms with E-state index in [0.717, 1.165) is 12.7 Å². The molecule has 3 heteroatoms. The van der Waals surface area contributed by atoms with Crippen LogP contribution in [-0.2, 0) is 0 Å². The Morgan fingerprint density at radius 2 is 2.38 bits per heavy atom. The van der Waals surface area contributed by atoms with Crippen LogP contribution in [0.1, 0.15) is 0 Å².